The summed E-state index contributed by atoms with van der Waals surface area (Å²) in [5.74, 6) is -1.58. The molecule has 0 spiro atoms. The minimum atomic E-state index is -1.06. The lowest BCUT2D eigenvalue weighted by atomic mass is 10.1. The monoisotopic (exact) mass is 454 g/mol. The number of aromatic carboxylic acids is 1. The number of carboxylic acid groups (broad SMARTS) is 1. The number of hydrogen-bond acceptors (Lipinski definition) is 5. The molecule has 32 heavy (non-hydrogen) atoms. The van der Waals surface area contributed by atoms with E-state index in [1.54, 1.807) is 19.1 Å². The molecular weight excluding hydrogens is 428 g/mol. The van der Waals surface area contributed by atoms with Crippen molar-refractivity contribution in [1.82, 2.24) is 4.90 Å². The van der Waals surface area contributed by atoms with Gasteiger partial charge in [-0.05, 0) is 55.0 Å². The number of carbonyl (C=O) groups excluding carboxylic acids is 3. The van der Waals surface area contributed by atoms with Gasteiger partial charge in [-0.2, -0.15) is 0 Å². The molecule has 0 aromatic heterocycles. The first-order valence-corrected chi connectivity index (χ1v) is 11.4. The lowest BCUT2D eigenvalue weighted by molar-refractivity contribution is -0.127. The molecular formula is C24H26N2O5S. The third-order valence-corrected chi connectivity index (χ3v) is 6.47. The van der Waals surface area contributed by atoms with Gasteiger partial charge in [-0.1, -0.05) is 49.0 Å². The fourth-order valence-corrected chi connectivity index (χ4v) is 4.56. The summed E-state index contributed by atoms with van der Waals surface area (Å²) in [5.41, 5.74) is 3.37. The zero-order valence-electron chi connectivity index (χ0n) is 18.1. The number of aryl methyl sites for hydroxylation is 2. The second-order valence-corrected chi connectivity index (χ2v) is 8.88. The van der Waals surface area contributed by atoms with E-state index in [1.165, 1.54) is 16.5 Å². The van der Waals surface area contributed by atoms with Gasteiger partial charge < -0.3 is 10.4 Å². The van der Waals surface area contributed by atoms with Crippen LogP contribution >= 0.6 is 11.8 Å². The number of rotatable bonds is 9. The summed E-state index contributed by atoms with van der Waals surface area (Å²) in [6, 6.07) is 12.7. The molecule has 2 aromatic rings. The molecule has 0 bridgehead atoms. The van der Waals surface area contributed by atoms with Crippen molar-refractivity contribution in [3.8, 4) is 0 Å². The predicted molar refractivity (Wildman–Crippen MR) is 124 cm³/mol. The third-order valence-electron chi connectivity index (χ3n) is 5.39. The fraction of sp³-hybridized carbons (Fsp3) is 0.333. The van der Waals surface area contributed by atoms with E-state index in [-0.39, 0.29) is 35.6 Å². The summed E-state index contributed by atoms with van der Waals surface area (Å²) in [5, 5.41) is 11.1. The van der Waals surface area contributed by atoms with Crippen LogP contribution in [-0.4, -0.2) is 44.8 Å². The topological polar surface area (TPSA) is 104 Å². The molecule has 1 heterocycles. The maximum Gasteiger partial charge on any atom is 0.336 e. The molecule has 1 aliphatic rings. The second kappa shape index (κ2) is 10.5. The average Bonchev–Trinajstić information content (AvgIpc) is 3.02. The van der Waals surface area contributed by atoms with E-state index in [1.807, 2.05) is 24.3 Å². The van der Waals surface area contributed by atoms with Crippen molar-refractivity contribution in [1.29, 1.82) is 0 Å². The first kappa shape index (κ1) is 23.5. The number of thioether (sulfide) groups is 1. The third kappa shape index (κ3) is 5.76. The Morgan fingerprint density at radius 2 is 1.78 bits per heavy atom. The van der Waals surface area contributed by atoms with Gasteiger partial charge in [-0.25, -0.2) is 4.79 Å². The highest BCUT2D eigenvalue weighted by Gasteiger charge is 2.39. The van der Waals surface area contributed by atoms with Gasteiger partial charge in [0, 0.05) is 18.7 Å². The smallest absolute Gasteiger partial charge is 0.336 e. The summed E-state index contributed by atoms with van der Waals surface area (Å²) in [6.45, 7) is 3.94. The predicted octanol–water partition coefficient (Wildman–Crippen LogP) is 4.28. The Balaban J connectivity index is 1.49. The van der Waals surface area contributed by atoms with Gasteiger partial charge in [0.25, 0.3) is 5.24 Å². The number of carboxylic acids is 1. The molecule has 0 saturated carbocycles. The minimum absolute atomic E-state index is 0.112. The number of amides is 3. The van der Waals surface area contributed by atoms with Crippen LogP contribution < -0.4 is 5.32 Å². The first-order chi connectivity index (χ1) is 15.3. The SMILES string of the molecule is CCc1ccc(CC2SC(=O)N(CCCC(=O)Nc3ccc(C)c(C(=O)O)c3)C2=O)cc1. The Labute approximate surface area is 191 Å². The van der Waals surface area contributed by atoms with E-state index in [2.05, 4.69) is 12.2 Å². The number of hydrogen-bond donors (Lipinski definition) is 2. The van der Waals surface area contributed by atoms with Crippen molar-refractivity contribution in [2.24, 2.45) is 0 Å². The molecule has 1 saturated heterocycles. The number of benzene rings is 2. The number of carbonyl (C=O) groups is 4. The Morgan fingerprint density at radius 1 is 1.09 bits per heavy atom. The van der Waals surface area contributed by atoms with Gasteiger partial charge in [-0.15, -0.1) is 0 Å². The van der Waals surface area contributed by atoms with Gasteiger partial charge in [-0.3, -0.25) is 19.3 Å². The summed E-state index contributed by atoms with van der Waals surface area (Å²) >= 11 is 1.03. The number of anilines is 1. The Morgan fingerprint density at radius 3 is 2.44 bits per heavy atom. The van der Waals surface area contributed by atoms with E-state index in [4.69, 9.17) is 0 Å². The molecule has 0 aliphatic carbocycles. The van der Waals surface area contributed by atoms with Crippen LogP contribution in [0.15, 0.2) is 42.5 Å². The van der Waals surface area contributed by atoms with Crippen LogP contribution in [0.5, 0.6) is 0 Å². The normalized spacial score (nSPS) is 15.8. The Hall–Kier alpha value is -3.13. The summed E-state index contributed by atoms with van der Waals surface area (Å²) < 4.78 is 0. The van der Waals surface area contributed by atoms with Crippen LogP contribution in [0.2, 0.25) is 0 Å². The van der Waals surface area contributed by atoms with Crippen LogP contribution in [0.3, 0.4) is 0 Å². The van der Waals surface area contributed by atoms with Crippen molar-refractivity contribution in [2.45, 2.75) is 44.8 Å². The highest BCUT2D eigenvalue weighted by Crippen LogP contribution is 2.30. The van der Waals surface area contributed by atoms with E-state index >= 15 is 0 Å². The highest BCUT2D eigenvalue weighted by atomic mass is 32.2. The summed E-state index contributed by atoms with van der Waals surface area (Å²) in [6.07, 6.45) is 1.89. The Bertz CT molecular complexity index is 1040. The minimum Gasteiger partial charge on any atom is -0.478 e. The fourth-order valence-electron chi connectivity index (χ4n) is 3.51. The molecule has 0 radical (unpaired) electrons. The lowest BCUT2D eigenvalue weighted by Crippen LogP contribution is -2.33. The summed E-state index contributed by atoms with van der Waals surface area (Å²) in [4.78, 5) is 49.6. The van der Waals surface area contributed by atoms with Crippen LogP contribution in [0.4, 0.5) is 10.5 Å². The molecule has 1 unspecified atom stereocenters. The maximum absolute atomic E-state index is 12.7. The van der Waals surface area contributed by atoms with Gasteiger partial charge in [0.2, 0.25) is 11.8 Å². The van der Waals surface area contributed by atoms with Crippen molar-refractivity contribution in [2.75, 3.05) is 11.9 Å². The van der Waals surface area contributed by atoms with Crippen molar-refractivity contribution >= 4 is 40.5 Å². The van der Waals surface area contributed by atoms with E-state index < -0.39 is 11.2 Å². The van der Waals surface area contributed by atoms with E-state index in [0.717, 1.165) is 23.7 Å². The molecule has 3 rings (SSSR count). The van der Waals surface area contributed by atoms with Crippen LogP contribution in [0, 0.1) is 6.92 Å². The first-order valence-electron chi connectivity index (χ1n) is 10.5. The quantitative estimate of drug-likeness (QED) is 0.586. The lowest BCUT2D eigenvalue weighted by Gasteiger charge is -2.14. The molecule has 7 nitrogen and oxygen atoms in total. The van der Waals surface area contributed by atoms with E-state index in [9.17, 15) is 24.3 Å². The van der Waals surface area contributed by atoms with Crippen molar-refractivity contribution < 1.29 is 24.3 Å². The number of imide groups is 1. The molecule has 2 N–H and O–H groups in total. The highest BCUT2D eigenvalue weighted by molar-refractivity contribution is 8.15. The van der Waals surface area contributed by atoms with Crippen LogP contribution in [0.1, 0.15) is 46.8 Å². The van der Waals surface area contributed by atoms with Crippen LogP contribution in [0.25, 0.3) is 0 Å². The maximum atomic E-state index is 12.7. The van der Waals surface area contributed by atoms with Crippen molar-refractivity contribution in [3.63, 3.8) is 0 Å². The zero-order valence-corrected chi connectivity index (χ0v) is 18.9. The molecule has 1 atom stereocenters. The van der Waals surface area contributed by atoms with Crippen LogP contribution in [-0.2, 0) is 22.4 Å². The van der Waals surface area contributed by atoms with Gasteiger partial charge in [0.15, 0.2) is 0 Å². The summed E-state index contributed by atoms with van der Waals surface area (Å²) in [7, 11) is 0. The molecule has 8 heteroatoms. The average molecular weight is 455 g/mol. The van der Waals surface area contributed by atoms with Gasteiger partial charge in [0.1, 0.15) is 0 Å². The van der Waals surface area contributed by atoms with Crippen molar-refractivity contribution in [3.05, 3.63) is 64.7 Å². The molecule has 3 amide bonds. The second-order valence-electron chi connectivity index (χ2n) is 7.72. The standard InChI is InChI=1S/C24H26N2O5S/c1-3-16-7-9-17(10-8-16)13-20-22(28)26(24(31)32-20)12-4-5-21(27)25-18-11-6-15(2)19(14-18)23(29)30/h6-11,14,20H,3-5,12-13H2,1-2H3,(H,25,27)(H,29,30). The number of nitrogens with one attached hydrogen (secondary N) is 1. The molecule has 1 fully saturated rings. The largest absolute Gasteiger partial charge is 0.478 e. The van der Waals surface area contributed by atoms with Gasteiger partial charge >= 0.3 is 5.97 Å². The molecule has 168 valence electrons. The Kier molecular flexibility index (Phi) is 7.69. The molecule has 2 aromatic carbocycles. The zero-order chi connectivity index (χ0) is 23.3. The van der Waals surface area contributed by atoms with Gasteiger partial charge in [0.05, 0.1) is 10.8 Å². The number of nitrogens with zero attached hydrogens (tertiary/aromatic N) is 1. The van der Waals surface area contributed by atoms with E-state index in [0.29, 0.717) is 24.1 Å². The molecule has 1 aliphatic heterocycles.